The van der Waals surface area contributed by atoms with Crippen molar-refractivity contribution in [2.45, 2.75) is 13.5 Å². The summed E-state index contributed by atoms with van der Waals surface area (Å²) in [5, 5.41) is 0. The van der Waals surface area contributed by atoms with Crippen LogP contribution in [0, 0.1) is 6.92 Å². The summed E-state index contributed by atoms with van der Waals surface area (Å²) in [5.41, 5.74) is 8.98. The number of imide groups is 1. The number of anilines is 1. The minimum Gasteiger partial charge on any atom is -0.326 e. The smallest absolute Gasteiger partial charge is 0.266 e. The number of carbonyl (C=O) groups excluding carboxylic acids is 2. The summed E-state index contributed by atoms with van der Waals surface area (Å²) in [6.07, 6.45) is 0. The molecule has 100 valence electrons. The van der Waals surface area contributed by atoms with E-state index in [-0.39, 0.29) is 11.8 Å². The summed E-state index contributed by atoms with van der Waals surface area (Å²) < 4.78 is 0. The predicted molar refractivity (Wildman–Crippen MR) is 76.7 cm³/mol. The third kappa shape index (κ3) is 1.82. The molecule has 0 unspecified atom stereocenters. The highest BCUT2D eigenvalue weighted by Crippen LogP contribution is 2.29. The molecule has 0 atom stereocenters. The summed E-state index contributed by atoms with van der Waals surface area (Å²) in [6, 6.07) is 12.4. The van der Waals surface area contributed by atoms with Gasteiger partial charge in [-0.3, -0.25) is 9.59 Å². The van der Waals surface area contributed by atoms with E-state index in [4.69, 9.17) is 5.73 Å². The molecule has 0 fully saturated rings. The molecule has 0 saturated heterocycles. The quantitative estimate of drug-likeness (QED) is 0.848. The van der Waals surface area contributed by atoms with Crippen LogP contribution in [-0.2, 0) is 6.54 Å². The van der Waals surface area contributed by atoms with Crippen LogP contribution in [0.2, 0.25) is 0 Å². The van der Waals surface area contributed by atoms with Gasteiger partial charge in [-0.05, 0) is 36.8 Å². The van der Waals surface area contributed by atoms with E-state index in [1.54, 1.807) is 24.3 Å². The fourth-order valence-electron chi connectivity index (χ4n) is 2.37. The van der Waals surface area contributed by atoms with Crippen LogP contribution in [-0.4, -0.2) is 11.8 Å². The van der Waals surface area contributed by atoms with Gasteiger partial charge in [-0.2, -0.15) is 0 Å². The van der Waals surface area contributed by atoms with Gasteiger partial charge in [0.2, 0.25) is 0 Å². The average molecular weight is 266 g/mol. The number of fused-ring (bicyclic) bond motifs is 1. The minimum absolute atomic E-state index is 0.269. The maximum atomic E-state index is 12.4. The van der Waals surface area contributed by atoms with E-state index >= 15 is 0 Å². The monoisotopic (exact) mass is 266 g/mol. The summed E-state index contributed by atoms with van der Waals surface area (Å²) in [7, 11) is 0. The average Bonchev–Trinajstić information content (AvgIpc) is 2.71. The summed E-state index contributed by atoms with van der Waals surface area (Å²) in [6.45, 7) is 2.33. The highest BCUT2D eigenvalue weighted by Gasteiger charge is 2.36. The third-order valence-electron chi connectivity index (χ3n) is 3.47. The van der Waals surface area contributed by atoms with E-state index in [1.165, 1.54) is 4.90 Å². The van der Waals surface area contributed by atoms with Crippen molar-refractivity contribution in [2.75, 3.05) is 4.90 Å². The lowest BCUT2D eigenvalue weighted by Gasteiger charge is -2.14. The molecule has 4 nitrogen and oxygen atoms in total. The molecule has 1 heterocycles. The molecule has 2 aromatic rings. The zero-order valence-corrected chi connectivity index (χ0v) is 11.1. The van der Waals surface area contributed by atoms with Gasteiger partial charge in [-0.1, -0.05) is 23.8 Å². The van der Waals surface area contributed by atoms with Gasteiger partial charge in [0, 0.05) is 6.54 Å². The van der Waals surface area contributed by atoms with Crippen LogP contribution in [0.4, 0.5) is 5.69 Å². The Morgan fingerprint density at radius 2 is 1.60 bits per heavy atom. The molecule has 1 aliphatic rings. The van der Waals surface area contributed by atoms with Crippen LogP contribution in [0.15, 0.2) is 42.5 Å². The molecule has 0 spiro atoms. The molecule has 0 radical (unpaired) electrons. The second kappa shape index (κ2) is 4.58. The van der Waals surface area contributed by atoms with Crippen LogP contribution in [0.5, 0.6) is 0 Å². The Labute approximate surface area is 116 Å². The number of nitrogens with zero attached hydrogens (tertiary/aromatic N) is 1. The lowest BCUT2D eigenvalue weighted by molar-refractivity contribution is 0.0926. The van der Waals surface area contributed by atoms with Crippen molar-refractivity contribution >= 4 is 17.5 Å². The van der Waals surface area contributed by atoms with Gasteiger partial charge in [0.25, 0.3) is 11.8 Å². The van der Waals surface area contributed by atoms with E-state index in [9.17, 15) is 9.59 Å². The molecule has 0 aromatic heterocycles. The van der Waals surface area contributed by atoms with Crippen molar-refractivity contribution in [2.24, 2.45) is 5.73 Å². The second-order valence-corrected chi connectivity index (χ2v) is 4.87. The second-order valence-electron chi connectivity index (χ2n) is 4.87. The predicted octanol–water partition coefficient (Wildman–Crippen LogP) is 2.25. The number of aryl methyl sites for hydroxylation is 1. The van der Waals surface area contributed by atoms with E-state index in [1.807, 2.05) is 25.1 Å². The molecule has 2 amide bonds. The number of nitrogens with two attached hydrogens (primary N) is 1. The zero-order chi connectivity index (χ0) is 14.3. The minimum atomic E-state index is -0.273. The SMILES string of the molecule is Cc1ccc2c(c1)C(=O)N(c1ccc(CN)cc1)C2=O. The molecule has 2 N–H and O–H groups in total. The Hall–Kier alpha value is -2.46. The van der Waals surface area contributed by atoms with Gasteiger partial charge >= 0.3 is 0 Å². The maximum absolute atomic E-state index is 12.4. The van der Waals surface area contributed by atoms with Crippen LogP contribution in [0.25, 0.3) is 0 Å². The fourth-order valence-corrected chi connectivity index (χ4v) is 2.37. The van der Waals surface area contributed by atoms with Crippen LogP contribution in [0.3, 0.4) is 0 Å². The van der Waals surface area contributed by atoms with E-state index in [2.05, 4.69) is 0 Å². The first-order chi connectivity index (χ1) is 9.61. The highest BCUT2D eigenvalue weighted by atomic mass is 16.2. The first kappa shape index (κ1) is 12.6. The van der Waals surface area contributed by atoms with Gasteiger partial charge in [-0.25, -0.2) is 4.90 Å². The Kier molecular flexibility index (Phi) is 2.88. The van der Waals surface area contributed by atoms with E-state index in [0.717, 1.165) is 11.1 Å². The Morgan fingerprint density at radius 3 is 2.25 bits per heavy atom. The Morgan fingerprint density at radius 1 is 0.950 bits per heavy atom. The van der Waals surface area contributed by atoms with Gasteiger partial charge < -0.3 is 5.73 Å². The standard InChI is InChI=1S/C16H14N2O2/c1-10-2-7-13-14(8-10)16(20)18(15(13)19)12-5-3-11(9-17)4-6-12/h2-8H,9,17H2,1H3. The molecule has 0 bridgehead atoms. The first-order valence-electron chi connectivity index (χ1n) is 6.40. The summed E-state index contributed by atoms with van der Waals surface area (Å²) in [5.74, 6) is -0.542. The number of carbonyl (C=O) groups is 2. The van der Waals surface area contributed by atoms with Gasteiger partial charge in [-0.15, -0.1) is 0 Å². The van der Waals surface area contributed by atoms with Gasteiger partial charge in [0.1, 0.15) is 0 Å². The molecule has 4 heteroatoms. The maximum Gasteiger partial charge on any atom is 0.266 e. The van der Waals surface area contributed by atoms with Crippen LogP contribution in [0.1, 0.15) is 31.8 Å². The highest BCUT2D eigenvalue weighted by molar-refractivity contribution is 6.34. The van der Waals surface area contributed by atoms with Crippen molar-refractivity contribution in [3.8, 4) is 0 Å². The number of benzene rings is 2. The molecular weight excluding hydrogens is 252 g/mol. The van der Waals surface area contributed by atoms with Gasteiger partial charge in [0.15, 0.2) is 0 Å². The summed E-state index contributed by atoms with van der Waals surface area (Å²) in [4.78, 5) is 26.0. The Bertz CT molecular complexity index is 705. The van der Waals surface area contributed by atoms with Crippen LogP contribution < -0.4 is 10.6 Å². The molecule has 0 saturated carbocycles. The van der Waals surface area contributed by atoms with E-state index in [0.29, 0.717) is 23.4 Å². The molecule has 20 heavy (non-hydrogen) atoms. The van der Waals surface area contributed by atoms with Gasteiger partial charge in [0.05, 0.1) is 16.8 Å². The normalized spacial score (nSPS) is 13.8. The molecule has 0 aliphatic carbocycles. The van der Waals surface area contributed by atoms with Crippen molar-refractivity contribution in [3.63, 3.8) is 0 Å². The zero-order valence-electron chi connectivity index (χ0n) is 11.1. The topological polar surface area (TPSA) is 63.4 Å². The van der Waals surface area contributed by atoms with Crippen molar-refractivity contribution < 1.29 is 9.59 Å². The fraction of sp³-hybridized carbons (Fsp3) is 0.125. The number of rotatable bonds is 2. The Balaban J connectivity index is 2.04. The van der Waals surface area contributed by atoms with Crippen molar-refractivity contribution in [1.29, 1.82) is 0 Å². The summed E-state index contributed by atoms with van der Waals surface area (Å²) >= 11 is 0. The lowest BCUT2D eigenvalue weighted by Crippen LogP contribution is -2.29. The van der Waals surface area contributed by atoms with Crippen molar-refractivity contribution in [1.82, 2.24) is 0 Å². The number of hydrogen-bond donors (Lipinski definition) is 1. The van der Waals surface area contributed by atoms with Crippen LogP contribution >= 0.6 is 0 Å². The lowest BCUT2D eigenvalue weighted by atomic mass is 10.1. The molecule has 1 aliphatic heterocycles. The first-order valence-corrected chi connectivity index (χ1v) is 6.40. The molecule has 3 rings (SSSR count). The molecular formula is C16H14N2O2. The number of amides is 2. The number of hydrogen-bond acceptors (Lipinski definition) is 3. The third-order valence-corrected chi connectivity index (χ3v) is 3.47. The van der Waals surface area contributed by atoms with Crippen molar-refractivity contribution in [3.05, 3.63) is 64.7 Å². The molecule has 2 aromatic carbocycles. The largest absolute Gasteiger partial charge is 0.326 e. The van der Waals surface area contributed by atoms with E-state index < -0.39 is 0 Å².